The van der Waals surface area contributed by atoms with E-state index in [0.717, 1.165) is 51.6 Å². The van der Waals surface area contributed by atoms with Gasteiger partial charge in [-0.15, -0.1) is 0 Å². The Kier molecular flexibility index (Phi) is 5.96. The number of quaternary nitrogens is 1. The molecule has 0 aromatic carbocycles. The minimum Gasteiger partial charge on any atom is -0.454 e. The predicted octanol–water partition coefficient (Wildman–Crippen LogP) is 2.29. The van der Waals surface area contributed by atoms with Gasteiger partial charge in [0.05, 0.1) is 13.1 Å². The molecule has 2 bridgehead atoms. The van der Waals surface area contributed by atoms with Gasteiger partial charge in [-0.05, 0) is 35.7 Å². The second-order valence-electron chi connectivity index (χ2n) is 9.83. The monoisotopic (exact) mass is 471 g/mol. The van der Waals surface area contributed by atoms with Crippen LogP contribution in [-0.4, -0.2) is 57.2 Å². The van der Waals surface area contributed by atoms with Crippen molar-refractivity contribution in [2.75, 3.05) is 19.6 Å². The maximum atomic E-state index is 13.6. The lowest BCUT2D eigenvalue weighted by molar-refractivity contribution is -0.965. The van der Waals surface area contributed by atoms with Gasteiger partial charge in [0, 0.05) is 36.4 Å². The molecule has 4 aliphatic rings. The molecule has 2 aromatic rings. The molecule has 3 N–H and O–H groups in total. The van der Waals surface area contributed by atoms with E-state index in [-0.39, 0.29) is 17.9 Å². The molecule has 1 saturated carbocycles. The van der Waals surface area contributed by atoms with Gasteiger partial charge in [0.25, 0.3) is 5.91 Å². The van der Waals surface area contributed by atoms with Crippen molar-refractivity contribution < 1.29 is 23.9 Å². The molecular weight excluding hydrogens is 440 g/mol. The summed E-state index contributed by atoms with van der Waals surface area (Å²) < 4.78 is 6.56. The normalized spacial score (nSPS) is 30.0. The SMILES string of the molecule is NC(=O)C(c1ccncn1)[N+]12CCC(CC1)[C@@H](OC(=O)C(O)(c1ccsc1)C1CCCC1)C2. The Morgan fingerprint density at radius 2 is 1.97 bits per heavy atom. The Hall–Kier alpha value is -2.36. The molecule has 3 saturated heterocycles. The average molecular weight is 472 g/mol. The molecule has 8 nitrogen and oxygen atoms in total. The standard InChI is InChI=1S/C24H30N4O4S/c25-22(29)21(19-5-9-26-15-27-19)28-10-6-16(7-11-28)20(13-28)32-23(30)24(31,17-3-1-2-4-17)18-8-12-33-14-18/h5,8-9,12,14-17,20-21,31H,1-4,6-7,10-11,13H2,(H-,25,29)/p+1/t16?,20-,21?,24?,28?/m0/s1. The topological polar surface area (TPSA) is 115 Å². The van der Waals surface area contributed by atoms with E-state index in [9.17, 15) is 14.7 Å². The van der Waals surface area contributed by atoms with E-state index in [1.807, 2.05) is 16.8 Å². The van der Waals surface area contributed by atoms with Crippen LogP contribution in [-0.2, 0) is 19.9 Å². The van der Waals surface area contributed by atoms with Gasteiger partial charge in [0.15, 0.2) is 11.7 Å². The third-order valence-electron chi connectivity index (χ3n) is 8.14. The fourth-order valence-electron chi connectivity index (χ4n) is 6.39. The van der Waals surface area contributed by atoms with E-state index in [1.54, 1.807) is 12.3 Å². The van der Waals surface area contributed by atoms with Crippen LogP contribution >= 0.6 is 11.3 Å². The van der Waals surface area contributed by atoms with Crippen LogP contribution in [0.5, 0.6) is 0 Å². The van der Waals surface area contributed by atoms with Crippen LogP contribution in [0.25, 0.3) is 0 Å². The molecule has 1 aliphatic carbocycles. The number of carbonyl (C=O) groups is 2. The van der Waals surface area contributed by atoms with Gasteiger partial charge in [-0.1, -0.05) is 12.8 Å². The predicted molar refractivity (Wildman–Crippen MR) is 122 cm³/mol. The summed E-state index contributed by atoms with van der Waals surface area (Å²) in [7, 11) is 0. The highest BCUT2D eigenvalue weighted by Gasteiger charge is 2.56. The minimum absolute atomic E-state index is 0.136. The third kappa shape index (κ3) is 3.86. The molecule has 0 radical (unpaired) electrons. The number of nitrogens with two attached hydrogens (primary N) is 1. The van der Waals surface area contributed by atoms with Crippen LogP contribution in [0.1, 0.15) is 55.8 Å². The molecule has 5 heterocycles. The molecule has 1 amide bonds. The number of hydrogen-bond donors (Lipinski definition) is 2. The van der Waals surface area contributed by atoms with E-state index < -0.39 is 23.5 Å². The highest BCUT2D eigenvalue weighted by atomic mass is 32.1. The second-order valence-corrected chi connectivity index (χ2v) is 10.6. The van der Waals surface area contributed by atoms with Crippen molar-refractivity contribution >= 4 is 23.2 Å². The van der Waals surface area contributed by atoms with Gasteiger partial charge in [-0.25, -0.2) is 14.8 Å². The number of thiophene rings is 1. The van der Waals surface area contributed by atoms with Crippen molar-refractivity contribution in [2.45, 2.75) is 56.3 Å². The Bertz CT molecular complexity index is 987. The minimum atomic E-state index is -1.62. The summed E-state index contributed by atoms with van der Waals surface area (Å²) in [4.78, 5) is 34.5. The zero-order chi connectivity index (χ0) is 23.1. The van der Waals surface area contributed by atoms with Crippen molar-refractivity contribution in [3.63, 3.8) is 0 Å². The lowest BCUT2D eigenvalue weighted by atomic mass is 9.79. The number of esters is 1. The number of aromatic nitrogens is 2. The summed E-state index contributed by atoms with van der Waals surface area (Å²) >= 11 is 1.47. The average Bonchev–Trinajstić information content (AvgIpc) is 3.55. The molecule has 3 aliphatic heterocycles. The third-order valence-corrected chi connectivity index (χ3v) is 8.82. The quantitative estimate of drug-likeness (QED) is 0.473. The van der Waals surface area contributed by atoms with Gasteiger partial charge in [0.2, 0.25) is 6.04 Å². The van der Waals surface area contributed by atoms with E-state index in [2.05, 4.69) is 9.97 Å². The van der Waals surface area contributed by atoms with Crippen LogP contribution < -0.4 is 5.73 Å². The van der Waals surface area contributed by atoms with Crippen LogP contribution in [0.2, 0.25) is 0 Å². The fraction of sp³-hybridized carbons (Fsp3) is 0.583. The molecule has 4 fully saturated rings. The number of carbonyl (C=O) groups excluding carboxylic acids is 2. The summed E-state index contributed by atoms with van der Waals surface area (Å²) in [5, 5.41) is 15.5. The Morgan fingerprint density at radius 1 is 1.21 bits per heavy atom. The van der Waals surface area contributed by atoms with Crippen molar-refractivity contribution in [3.05, 3.63) is 46.7 Å². The Balaban J connectivity index is 1.41. The number of primary amides is 1. The van der Waals surface area contributed by atoms with Gasteiger partial charge < -0.3 is 20.1 Å². The first-order valence-corrected chi connectivity index (χ1v) is 12.8. The molecule has 33 heavy (non-hydrogen) atoms. The van der Waals surface area contributed by atoms with E-state index in [1.165, 1.54) is 17.7 Å². The Labute approximate surface area is 197 Å². The van der Waals surface area contributed by atoms with Gasteiger partial charge in [-0.3, -0.25) is 4.79 Å². The number of piperidine rings is 3. The highest BCUT2D eigenvalue weighted by molar-refractivity contribution is 7.08. The second kappa shape index (κ2) is 8.77. The van der Waals surface area contributed by atoms with Crippen LogP contribution in [0, 0.1) is 11.8 Å². The first-order chi connectivity index (χ1) is 15.9. The molecule has 2 aromatic heterocycles. The first kappa shape index (κ1) is 22.4. The number of ether oxygens (including phenoxy) is 1. The largest absolute Gasteiger partial charge is 0.454 e. The summed E-state index contributed by atoms with van der Waals surface area (Å²) in [5.41, 5.74) is 5.49. The maximum Gasteiger partial charge on any atom is 0.343 e. The Morgan fingerprint density at radius 3 is 2.58 bits per heavy atom. The molecule has 9 heteroatoms. The van der Waals surface area contributed by atoms with Gasteiger partial charge in [0.1, 0.15) is 18.6 Å². The highest BCUT2D eigenvalue weighted by Crippen LogP contribution is 2.45. The van der Waals surface area contributed by atoms with Crippen LogP contribution in [0.4, 0.5) is 0 Å². The van der Waals surface area contributed by atoms with Gasteiger partial charge >= 0.3 is 5.97 Å². The summed E-state index contributed by atoms with van der Waals surface area (Å²) in [6, 6.07) is 2.95. The van der Waals surface area contributed by atoms with E-state index in [0.29, 0.717) is 22.3 Å². The van der Waals surface area contributed by atoms with Gasteiger partial charge in [-0.2, -0.15) is 11.3 Å². The van der Waals surface area contributed by atoms with Crippen LogP contribution in [0.15, 0.2) is 35.4 Å². The maximum absolute atomic E-state index is 13.6. The summed E-state index contributed by atoms with van der Waals surface area (Å²) in [5.74, 6) is -0.895. The van der Waals surface area contributed by atoms with Crippen LogP contribution in [0.3, 0.4) is 0 Å². The number of nitrogens with zero attached hydrogens (tertiary/aromatic N) is 3. The number of aliphatic hydroxyl groups is 1. The lowest BCUT2D eigenvalue weighted by Crippen LogP contribution is -2.67. The number of fused-ring (bicyclic) bond motifs is 3. The molecule has 6 rings (SSSR count). The molecular formula is C24H31N4O4S+. The number of rotatable bonds is 7. The summed E-state index contributed by atoms with van der Waals surface area (Å²) in [6.07, 6.45) is 8.01. The smallest absolute Gasteiger partial charge is 0.343 e. The molecule has 2 unspecified atom stereocenters. The van der Waals surface area contributed by atoms with Crippen molar-refractivity contribution in [3.8, 4) is 0 Å². The number of amides is 1. The molecule has 0 spiro atoms. The summed E-state index contributed by atoms with van der Waals surface area (Å²) in [6.45, 7) is 2.07. The molecule has 3 atom stereocenters. The van der Waals surface area contributed by atoms with Crippen molar-refractivity contribution in [1.29, 1.82) is 0 Å². The van der Waals surface area contributed by atoms with E-state index in [4.69, 9.17) is 10.5 Å². The van der Waals surface area contributed by atoms with Crippen molar-refractivity contribution in [2.24, 2.45) is 17.6 Å². The zero-order valence-corrected chi connectivity index (χ0v) is 19.5. The lowest BCUT2D eigenvalue weighted by Gasteiger charge is -2.54. The van der Waals surface area contributed by atoms with Crippen molar-refractivity contribution in [1.82, 2.24) is 9.97 Å². The molecule has 176 valence electrons. The first-order valence-electron chi connectivity index (χ1n) is 11.8. The fourth-order valence-corrected chi connectivity index (χ4v) is 7.10. The number of hydrogen-bond acceptors (Lipinski definition) is 7. The zero-order valence-electron chi connectivity index (χ0n) is 18.6. The van der Waals surface area contributed by atoms with E-state index >= 15 is 0 Å².